The van der Waals surface area contributed by atoms with Gasteiger partial charge in [-0.3, -0.25) is 4.79 Å². The number of benzene rings is 2. The summed E-state index contributed by atoms with van der Waals surface area (Å²) < 4.78 is 13.7. The highest BCUT2D eigenvalue weighted by Gasteiger charge is 2.26. The molecule has 3 unspecified atom stereocenters. The molecular formula is C26H35FN2O3. The van der Waals surface area contributed by atoms with Crippen molar-refractivity contribution >= 4 is 5.91 Å². The zero-order valence-electron chi connectivity index (χ0n) is 19.4. The number of carbonyl (C=O) groups excluding carboxylic acids is 1. The van der Waals surface area contributed by atoms with Crippen LogP contribution in [0.4, 0.5) is 4.39 Å². The Labute approximate surface area is 190 Å². The third-order valence-corrected chi connectivity index (χ3v) is 6.15. The Morgan fingerprint density at radius 1 is 1.22 bits per heavy atom. The zero-order valence-corrected chi connectivity index (χ0v) is 19.4. The van der Waals surface area contributed by atoms with Gasteiger partial charge in [0.25, 0.3) is 0 Å². The van der Waals surface area contributed by atoms with Gasteiger partial charge in [-0.2, -0.15) is 0 Å². The Bertz CT molecular complexity index is 934. The number of fused-ring (bicyclic) bond motifs is 1. The van der Waals surface area contributed by atoms with E-state index < -0.39 is 18.0 Å². The molecule has 2 aromatic rings. The fourth-order valence-corrected chi connectivity index (χ4v) is 4.43. The lowest BCUT2D eigenvalue weighted by Crippen LogP contribution is -2.48. The maximum Gasteiger partial charge on any atom is 0.217 e. The number of hydrogen-bond donors (Lipinski definition) is 4. The SMILES string of the molecule is CC(=O)NC(Cc1cc(O)cc(F)c1)C(O)CNC1CCCc2ccc(C(C)(C)C)cc21. The zero-order chi connectivity index (χ0) is 23.5. The van der Waals surface area contributed by atoms with Crippen molar-refractivity contribution in [3.63, 3.8) is 0 Å². The van der Waals surface area contributed by atoms with E-state index in [0.717, 1.165) is 25.3 Å². The summed E-state index contributed by atoms with van der Waals surface area (Å²) in [6, 6.07) is 10.0. The third-order valence-electron chi connectivity index (χ3n) is 6.15. The minimum absolute atomic E-state index is 0.0591. The largest absolute Gasteiger partial charge is 0.508 e. The van der Waals surface area contributed by atoms with Gasteiger partial charge in [-0.1, -0.05) is 39.0 Å². The van der Waals surface area contributed by atoms with Crippen molar-refractivity contribution in [2.24, 2.45) is 0 Å². The van der Waals surface area contributed by atoms with Gasteiger partial charge in [0.1, 0.15) is 11.6 Å². The Morgan fingerprint density at radius 3 is 2.62 bits per heavy atom. The van der Waals surface area contributed by atoms with Crippen molar-refractivity contribution in [3.8, 4) is 5.75 Å². The van der Waals surface area contributed by atoms with E-state index in [2.05, 4.69) is 49.6 Å². The number of rotatable bonds is 7. The molecule has 6 heteroatoms. The average Bonchev–Trinajstić information content (AvgIpc) is 2.69. The second-order valence-electron chi connectivity index (χ2n) is 9.91. The first-order chi connectivity index (χ1) is 15.0. The molecule has 2 aromatic carbocycles. The first-order valence-corrected chi connectivity index (χ1v) is 11.3. The molecule has 0 aromatic heterocycles. The van der Waals surface area contributed by atoms with Crippen LogP contribution < -0.4 is 10.6 Å². The van der Waals surface area contributed by atoms with Gasteiger partial charge in [-0.25, -0.2) is 4.39 Å². The van der Waals surface area contributed by atoms with E-state index in [1.54, 1.807) is 0 Å². The van der Waals surface area contributed by atoms with E-state index in [9.17, 15) is 19.4 Å². The van der Waals surface area contributed by atoms with Crippen molar-refractivity contribution in [2.45, 2.75) is 77.0 Å². The van der Waals surface area contributed by atoms with E-state index in [1.807, 2.05) is 0 Å². The Kier molecular flexibility index (Phi) is 7.57. The summed E-state index contributed by atoms with van der Waals surface area (Å²) in [6.45, 7) is 8.28. The van der Waals surface area contributed by atoms with Crippen LogP contribution in [0.2, 0.25) is 0 Å². The van der Waals surface area contributed by atoms with Crippen LogP contribution >= 0.6 is 0 Å². The number of hydrogen-bond acceptors (Lipinski definition) is 4. The lowest BCUT2D eigenvalue weighted by Gasteiger charge is -2.31. The number of aromatic hydroxyl groups is 1. The molecule has 0 saturated carbocycles. The number of phenolic OH excluding ortho intramolecular Hbond substituents is 1. The van der Waals surface area contributed by atoms with Gasteiger partial charge in [0, 0.05) is 25.6 Å². The smallest absolute Gasteiger partial charge is 0.217 e. The Hall–Kier alpha value is -2.44. The fourth-order valence-electron chi connectivity index (χ4n) is 4.43. The van der Waals surface area contributed by atoms with Gasteiger partial charge >= 0.3 is 0 Å². The maximum absolute atomic E-state index is 13.7. The first-order valence-electron chi connectivity index (χ1n) is 11.3. The van der Waals surface area contributed by atoms with E-state index in [1.165, 1.54) is 35.7 Å². The second kappa shape index (κ2) is 10.0. The van der Waals surface area contributed by atoms with Crippen molar-refractivity contribution in [1.29, 1.82) is 0 Å². The molecular weight excluding hydrogens is 407 g/mol. The number of aliphatic hydroxyl groups excluding tert-OH is 1. The summed E-state index contributed by atoms with van der Waals surface area (Å²) in [6.07, 6.45) is 2.45. The Morgan fingerprint density at radius 2 is 1.97 bits per heavy atom. The summed E-state index contributed by atoms with van der Waals surface area (Å²) >= 11 is 0. The van der Waals surface area contributed by atoms with Gasteiger partial charge in [0.15, 0.2) is 0 Å². The highest BCUT2D eigenvalue weighted by atomic mass is 19.1. The molecule has 0 radical (unpaired) electrons. The fraction of sp³-hybridized carbons (Fsp3) is 0.500. The molecule has 0 heterocycles. The second-order valence-corrected chi connectivity index (χ2v) is 9.91. The summed E-state index contributed by atoms with van der Waals surface area (Å²) in [5, 5.41) is 26.8. The van der Waals surface area contributed by atoms with E-state index >= 15 is 0 Å². The van der Waals surface area contributed by atoms with E-state index in [0.29, 0.717) is 5.56 Å². The van der Waals surface area contributed by atoms with Crippen molar-refractivity contribution in [2.75, 3.05) is 6.54 Å². The quantitative estimate of drug-likeness (QED) is 0.524. The number of aryl methyl sites for hydroxylation is 1. The summed E-state index contributed by atoms with van der Waals surface area (Å²) in [7, 11) is 0. The average molecular weight is 443 g/mol. The number of aliphatic hydroxyl groups is 1. The van der Waals surface area contributed by atoms with Crippen LogP contribution in [0.15, 0.2) is 36.4 Å². The minimum atomic E-state index is -0.875. The van der Waals surface area contributed by atoms with Crippen LogP contribution in [0, 0.1) is 5.82 Å². The molecule has 3 rings (SSSR count). The molecule has 0 fully saturated rings. The summed E-state index contributed by atoms with van der Waals surface area (Å²) in [5.41, 5.74) is 4.47. The van der Waals surface area contributed by atoms with Gasteiger partial charge in [-0.05, 0) is 65.5 Å². The number of phenols is 1. The van der Waals surface area contributed by atoms with E-state index in [-0.39, 0.29) is 36.1 Å². The first kappa shape index (κ1) is 24.2. The van der Waals surface area contributed by atoms with Crippen LogP contribution in [0.1, 0.15) is 68.8 Å². The third kappa shape index (κ3) is 6.30. The normalized spacial score (nSPS) is 18.0. The Balaban J connectivity index is 1.72. The molecule has 1 amide bonds. The van der Waals surface area contributed by atoms with Crippen molar-refractivity contribution in [1.82, 2.24) is 10.6 Å². The number of halogens is 1. The number of amides is 1. The molecule has 1 aliphatic carbocycles. The molecule has 1 aliphatic rings. The highest BCUT2D eigenvalue weighted by molar-refractivity contribution is 5.73. The van der Waals surface area contributed by atoms with Gasteiger partial charge in [-0.15, -0.1) is 0 Å². The van der Waals surface area contributed by atoms with Crippen LogP contribution in [0.5, 0.6) is 5.75 Å². The molecule has 0 aliphatic heterocycles. The molecule has 5 nitrogen and oxygen atoms in total. The van der Waals surface area contributed by atoms with Crippen LogP contribution in [-0.2, 0) is 23.1 Å². The van der Waals surface area contributed by atoms with Crippen LogP contribution in [0.25, 0.3) is 0 Å². The molecule has 174 valence electrons. The van der Waals surface area contributed by atoms with E-state index in [4.69, 9.17) is 0 Å². The molecule has 0 bridgehead atoms. The van der Waals surface area contributed by atoms with Crippen LogP contribution in [-0.4, -0.2) is 34.8 Å². The standard InChI is InChI=1S/C26H35FN2O3/c1-16(30)29-24(12-17-10-20(27)14-21(31)11-17)25(32)15-28-23-7-5-6-18-8-9-19(13-22(18)23)26(2,3)4/h8-11,13-14,23-25,28,31-32H,5-7,12,15H2,1-4H3,(H,29,30). The number of nitrogens with one attached hydrogen (secondary N) is 2. The van der Waals surface area contributed by atoms with Gasteiger partial charge in [0.2, 0.25) is 5.91 Å². The highest BCUT2D eigenvalue weighted by Crippen LogP contribution is 2.33. The molecule has 0 saturated heterocycles. The molecule has 0 spiro atoms. The maximum atomic E-state index is 13.7. The van der Waals surface area contributed by atoms with Crippen molar-refractivity contribution < 1.29 is 19.4 Å². The summed E-state index contributed by atoms with van der Waals surface area (Å²) in [4.78, 5) is 11.7. The van der Waals surface area contributed by atoms with Gasteiger partial charge in [0.05, 0.1) is 12.1 Å². The lowest BCUT2D eigenvalue weighted by atomic mass is 9.80. The number of carbonyl (C=O) groups is 1. The lowest BCUT2D eigenvalue weighted by molar-refractivity contribution is -0.120. The predicted octanol–water partition coefficient (Wildman–Crippen LogP) is 3.90. The van der Waals surface area contributed by atoms with Gasteiger partial charge < -0.3 is 20.8 Å². The summed E-state index contributed by atoms with van der Waals surface area (Å²) in [5.74, 6) is -1.00. The minimum Gasteiger partial charge on any atom is -0.508 e. The topological polar surface area (TPSA) is 81.6 Å². The molecule has 3 atom stereocenters. The molecule has 4 N–H and O–H groups in total. The monoisotopic (exact) mass is 442 g/mol. The van der Waals surface area contributed by atoms with Crippen molar-refractivity contribution in [3.05, 3.63) is 64.5 Å². The predicted molar refractivity (Wildman–Crippen MR) is 124 cm³/mol. The molecule has 32 heavy (non-hydrogen) atoms. The van der Waals surface area contributed by atoms with Crippen LogP contribution in [0.3, 0.4) is 0 Å².